The topological polar surface area (TPSA) is 55.9 Å². The third-order valence-corrected chi connectivity index (χ3v) is 6.32. The van der Waals surface area contributed by atoms with Crippen LogP contribution in [0.1, 0.15) is 32.8 Å². The zero-order valence-electron chi connectivity index (χ0n) is 18.4. The highest BCUT2D eigenvalue weighted by atomic mass is 16.2. The van der Waals surface area contributed by atoms with Crippen LogP contribution in [-0.4, -0.2) is 78.4 Å². The Morgan fingerprint density at radius 3 is 2.31 bits per heavy atom. The number of piperazine rings is 1. The van der Waals surface area contributed by atoms with Crippen molar-refractivity contribution >= 4 is 17.5 Å². The number of benzene rings is 1. The molecular weight excluding hydrogens is 364 g/mol. The van der Waals surface area contributed by atoms with Crippen LogP contribution in [0.5, 0.6) is 0 Å². The van der Waals surface area contributed by atoms with Crippen LogP contribution in [0.25, 0.3) is 0 Å². The molecule has 2 amide bonds. The van der Waals surface area contributed by atoms with E-state index in [0.717, 1.165) is 50.5 Å². The van der Waals surface area contributed by atoms with Gasteiger partial charge < -0.3 is 10.2 Å². The minimum Gasteiger partial charge on any atom is -0.341 e. The van der Waals surface area contributed by atoms with Gasteiger partial charge in [-0.05, 0) is 43.7 Å². The lowest BCUT2D eigenvalue weighted by Crippen LogP contribution is -2.55. The van der Waals surface area contributed by atoms with Crippen molar-refractivity contribution < 1.29 is 9.59 Å². The number of hydrogen-bond acceptors (Lipinski definition) is 4. The molecule has 0 aromatic heterocycles. The maximum absolute atomic E-state index is 12.7. The second kappa shape index (κ2) is 9.72. The minimum absolute atomic E-state index is 0.0279. The van der Waals surface area contributed by atoms with E-state index in [0.29, 0.717) is 18.4 Å². The van der Waals surface area contributed by atoms with Gasteiger partial charge in [0.05, 0.1) is 12.6 Å². The van der Waals surface area contributed by atoms with Gasteiger partial charge in [-0.25, -0.2) is 0 Å². The molecule has 3 rings (SSSR count). The van der Waals surface area contributed by atoms with Crippen molar-refractivity contribution in [3.8, 4) is 0 Å². The number of nitrogens with zero attached hydrogens (tertiary/aromatic N) is 3. The number of carbonyl (C=O) groups excluding carboxylic acids is 2. The van der Waals surface area contributed by atoms with Gasteiger partial charge in [0, 0.05) is 45.0 Å². The molecule has 29 heavy (non-hydrogen) atoms. The highest BCUT2D eigenvalue weighted by Crippen LogP contribution is 2.21. The fraction of sp³-hybridized carbons (Fsp3) is 0.652. The van der Waals surface area contributed by atoms with Gasteiger partial charge in [-0.3, -0.25) is 19.4 Å². The molecule has 3 atom stereocenters. The Hall–Kier alpha value is -1.92. The van der Waals surface area contributed by atoms with Crippen LogP contribution < -0.4 is 5.32 Å². The summed E-state index contributed by atoms with van der Waals surface area (Å²) in [6.45, 7) is 14.0. The van der Waals surface area contributed by atoms with Crippen molar-refractivity contribution in [2.75, 3.05) is 51.1 Å². The molecule has 1 N–H and O–H groups in total. The maximum Gasteiger partial charge on any atom is 0.241 e. The first kappa shape index (κ1) is 21.8. The SMILES string of the molecule is Cc1ccccc1NC(=O)[C@H](C)N1CCN(CC(=O)N2C[C@@H](C)C[C@H](C)C2)CC1. The number of hydrogen-bond donors (Lipinski definition) is 1. The quantitative estimate of drug-likeness (QED) is 0.825. The number of para-hydroxylation sites is 1. The Kier molecular flexibility index (Phi) is 7.30. The molecule has 1 aromatic carbocycles. The molecule has 0 unspecified atom stereocenters. The van der Waals surface area contributed by atoms with E-state index in [-0.39, 0.29) is 17.9 Å². The average molecular weight is 401 g/mol. The van der Waals surface area contributed by atoms with Crippen molar-refractivity contribution in [2.45, 2.75) is 40.2 Å². The summed E-state index contributed by atoms with van der Waals surface area (Å²) in [7, 11) is 0. The fourth-order valence-corrected chi connectivity index (χ4v) is 4.58. The number of piperidine rings is 1. The van der Waals surface area contributed by atoms with Crippen LogP contribution in [-0.2, 0) is 9.59 Å². The van der Waals surface area contributed by atoms with E-state index in [2.05, 4.69) is 29.0 Å². The number of anilines is 1. The summed E-state index contributed by atoms with van der Waals surface area (Å²) >= 11 is 0. The summed E-state index contributed by atoms with van der Waals surface area (Å²) < 4.78 is 0. The third-order valence-electron chi connectivity index (χ3n) is 6.32. The smallest absolute Gasteiger partial charge is 0.241 e. The molecule has 0 spiro atoms. The molecule has 0 saturated carbocycles. The van der Waals surface area contributed by atoms with Gasteiger partial charge in [0.1, 0.15) is 0 Å². The van der Waals surface area contributed by atoms with Crippen LogP contribution in [0, 0.1) is 18.8 Å². The lowest BCUT2D eigenvalue weighted by atomic mass is 9.92. The van der Waals surface area contributed by atoms with Crippen LogP contribution in [0.3, 0.4) is 0 Å². The summed E-state index contributed by atoms with van der Waals surface area (Å²) in [4.78, 5) is 31.9. The first-order chi connectivity index (χ1) is 13.8. The van der Waals surface area contributed by atoms with Crippen LogP contribution >= 0.6 is 0 Å². The molecule has 2 heterocycles. The predicted molar refractivity (Wildman–Crippen MR) is 117 cm³/mol. The molecule has 160 valence electrons. The second-order valence-electron chi connectivity index (χ2n) is 9.04. The molecule has 6 nitrogen and oxygen atoms in total. The summed E-state index contributed by atoms with van der Waals surface area (Å²) in [6.07, 6.45) is 1.21. The first-order valence-electron chi connectivity index (χ1n) is 10.9. The highest BCUT2D eigenvalue weighted by molar-refractivity contribution is 5.95. The number of nitrogens with one attached hydrogen (secondary N) is 1. The van der Waals surface area contributed by atoms with Crippen molar-refractivity contribution in [3.63, 3.8) is 0 Å². The van der Waals surface area contributed by atoms with E-state index < -0.39 is 0 Å². The number of amides is 2. The van der Waals surface area contributed by atoms with Gasteiger partial charge in [-0.2, -0.15) is 0 Å². The van der Waals surface area contributed by atoms with Gasteiger partial charge in [0.25, 0.3) is 0 Å². The molecular formula is C23H36N4O2. The Morgan fingerprint density at radius 1 is 1.07 bits per heavy atom. The van der Waals surface area contributed by atoms with Crippen molar-refractivity contribution in [1.29, 1.82) is 0 Å². The Bertz CT molecular complexity index is 705. The maximum atomic E-state index is 12.7. The van der Waals surface area contributed by atoms with E-state index in [1.807, 2.05) is 43.0 Å². The second-order valence-corrected chi connectivity index (χ2v) is 9.04. The first-order valence-corrected chi connectivity index (χ1v) is 10.9. The van der Waals surface area contributed by atoms with Gasteiger partial charge >= 0.3 is 0 Å². The van der Waals surface area contributed by atoms with E-state index in [9.17, 15) is 9.59 Å². The zero-order valence-corrected chi connectivity index (χ0v) is 18.4. The highest BCUT2D eigenvalue weighted by Gasteiger charge is 2.29. The van der Waals surface area contributed by atoms with Crippen LogP contribution in [0.2, 0.25) is 0 Å². The van der Waals surface area contributed by atoms with E-state index >= 15 is 0 Å². The fourth-order valence-electron chi connectivity index (χ4n) is 4.58. The van der Waals surface area contributed by atoms with E-state index in [1.54, 1.807) is 0 Å². The summed E-state index contributed by atoms with van der Waals surface area (Å²) in [5.74, 6) is 1.46. The normalized spacial score (nSPS) is 24.9. The molecule has 0 radical (unpaired) electrons. The molecule has 1 aromatic rings. The Balaban J connectivity index is 1.45. The van der Waals surface area contributed by atoms with E-state index in [1.165, 1.54) is 6.42 Å². The number of carbonyl (C=O) groups is 2. The lowest BCUT2D eigenvalue weighted by Gasteiger charge is -2.39. The van der Waals surface area contributed by atoms with Crippen molar-refractivity contribution in [3.05, 3.63) is 29.8 Å². The Morgan fingerprint density at radius 2 is 1.69 bits per heavy atom. The van der Waals surface area contributed by atoms with Crippen LogP contribution in [0.15, 0.2) is 24.3 Å². The lowest BCUT2D eigenvalue weighted by molar-refractivity contribution is -0.136. The molecule has 2 saturated heterocycles. The molecule has 2 aliphatic rings. The summed E-state index contributed by atoms with van der Waals surface area (Å²) in [5, 5.41) is 3.05. The van der Waals surface area contributed by atoms with Gasteiger partial charge in [0.2, 0.25) is 11.8 Å². The monoisotopic (exact) mass is 400 g/mol. The van der Waals surface area contributed by atoms with Gasteiger partial charge in [-0.15, -0.1) is 0 Å². The van der Waals surface area contributed by atoms with Gasteiger partial charge in [0.15, 0.2) is 0 Å². The number of rotatable bonds is 5. The predicted octanol–water partition coefficient (Wildman–Crippen LogP) is 2.44. The Labute approximate surface area is 175 Å². The summed E-state index contributed by atoms with van der Waals surface area (Å²) in [5.41, 5.74) is 1.94. The van der Waals surface area contributed by atoms with Gasteiger partial charge in [-0.1, -0.05) is 32.0 Å². The molecule has 0 aliphatic carbocycles. The largest absolute Gasteiger partial charge is 0.341 e. The third kappa shape index (κ3) is 5.80. The molecule has 2 aliphatic heterocycles. The minimum atomic E-state index is -0.184. The molecule has 6 heteroatoms. The van der Waals surface area contributed by atoms with E-state index in [4.69, 9.17) is 0 Å². The summed E-state index contributed by atoms with van der Waals surface area (Å²) in [6, 6.07) is 7.66. The molecule has 2 fully saturated rings. The van der Waals surface area contributed by atoms with Crippen molar-refractivity contribution in [1.82, 2.24) is 14.7 Å². The molecule has 0 bridgehead atoms. The van der Waals surface area contributed by atoms with Crippen molar-refractivity contribution in [2.24, 2.45) is 11.8 Å². The number of likely N-dealkylation sites (tertiary alicyclic amines) is 1. The standard InChI is InChI=1S/C23H36N4O2/c1-17-13-18(2)15-27(14-17)22(28)16-25-9-11-26(12-10-25)20(4)23(29)24-21-8-6-5-7-19(21)3/h5-8,17-18,20H,9-16H2,1-4H3,(H,24,29)/t17-,18-,20-/m0/s1. The zero-order chi connectivity index (χ0) is 21.0. The number of aryl methyl sites for hydroxylation is 1. The average Bonchev–Trinajstić information content (AvgIpc) is 2.69. The van der Waals surface area contributed by atoms with Crippen LogP contribution in [0.4, 0.5) is 5.69 Å².